The molecule has 20 heavy (non-hydrogen) atoms. The third-order valence-corrected chi connectivity index (χ3v) is 3.25. The fraction of sp³-hybridized carbons (Fsp3) is 0.0667. The second kappa shape index (κ2) is 5.06. The Morgan fingerprint density at radius 2 is 1.85 bits per heavy atom. The maximum Gasteiger partial charge on any atom is 0.142 e. The number of nitrogens with zero attached hydrogens (tertiary/aromatic N) is 2. The van der Waals surface area contributed by atoms with E-state index in [-0.39, 0.29) is 16.7 Å². The molecule has 0 aliphatic carbocycles. The predicted octanol–water partition coefficient (Wildman–Crippen LogP) is 3.72. The lowest BCUT2D eigenvalue weighted by Crippen LogP contribution is -1.97. The number of aromatic nitrogens is 2. The van der Waals surface area contributed by atoms with Gasteiger partial charge < -0.3 is 5.11 Å². The standard InChI is InChI=1S/C15H10ClFN2O/c16-10-3-1-9(2-4-10)7-14-18-8-11-12(17)5-6-13(20)15(11)19-14/h1-6,8,20H,7H2. The van der Waals surface area contributed by atoms with E-state index in [9.17, 15) is 9.50 Å². The van der Waals surface area contributed by atoms with E-state index in [0.29, 0.717) is 17.3 Å². The van der Waals surface area contributed by atoms with Crippen molar-refractivity contribution in [3.63, 3.8) is 0 Å². The Morgan fingerprint density at radius 3 is 2.60 bits per heavy atom. The van der Waals surface area contributed by atoms with Crippen molar-refractivity contribution in [1.29, 1.82) is 0 Å². The molecule has 3 rings (SSSR count). The largest absolute Gasteiger partial charge is 0.506 e. The average Bonchev–Trinajstić information content (AvgIpc) is 2.46. The Balaban J connectivity index is 2.01. The van der Waals surface area contributed by atoms with E-state index in [1.165, 1.54) is 18.3 Å². The number of hydrogen-bond acceptors (Lipinski definition) is 3. The highest BCUT2D eigenvalue weighted by Gasteiger charge is 2.09. The minimum Gasteiger partial charge on any atom is -0.506 e. The molecule has 0 bridgehead atoms. The minimum absolute atomic E-state index is 0.0545. The molecular formula is C15H10ClFN2O. The molecule has 3 aromatic rings. The molecule has 0 atom stereocenters. The van der Waals surface area contributed by atoms with Crippen LogP contribution in [-0.4, -0.2) is 15.1 Å². The van der Waals surface area contributed by atoms with Crippen molar-refractivity contribution in [3.8, 4) is 5.75 Å². The summed E-state index contributed by atoms with van der Waals surface area (Å²) in [7, 11) is 0. The van der Waals surface area contributed by atoms with Crippen LogP contribution in [0.25, 0.3) is 10.9 Å². The molecule has 0 fully saturated rings. The average molecular weight is 289 g/mol. The molecule has 5 heteroatoms. The third-order valence-electron chi connectivity index (χ3n) is 3.00. The van der Waals surface area contributed by atoms with Crippen LogP contribution in [0.3, 0.4) is 0 Å². The van der Waals surface area contributed by atoms with E-state index in [0.717, 1.165) is 5.56 Å². The first-order valence-electron chi connectivity index (χ1n) is 6.01. The molecule has 0 amide bonds. The highest BCUT2D eigenvalue weighted by molar-refractivity contribution is 6.30. The lowest BCUT2D eigenvalue weighted by atomic mass is 10.1. The molecule has 3 nitrogen and oxygen atoms in total. The van der Waals surface area contributed by atoms with Gasteiger partial charge in [-0.3, -0.25) is 0 Å². The third kappa shape index (κ3) is 2.42. The first kappa shape index (κ1) is 12.8. The Bertz CT molecular complexity index is 775. The summed E-state index contributed by atoms with van der Waals surface area (Å²) in [5.74, 6) is 0.0118. The van der Waals surface area contributed by atoms with Gasteiger partial charge in [0.05, 0.1) is 5.39 Å². The molecule has 2 aromatic carbocycles. The van der Waals surface area contributed by atoms with Gasteiger partial charge >= 0.3 is 0 Å². The number of aromatic hydroxyl groups is 1. The van der Waals surface area contributed by atoms with Crippen LogP contribution in [0.2, 0.25) is 5.02 Å². The zero-order chi connectivity index (χ0) is 14.1. The Hall–Kier alpha value is -2.20. The molecule has 1 N–H and O–H groups in total. The van der Waals surface area contributed by atoms with Gasteiger partial charge in [-0.1, -0.05) is 23.7 Å². The first-order valence-corrected chi connectivity index (χ1v) is 6.39. The maximum atomic E-state index is 13.6. The van der Waals surface area contributed by atoms with Crippen LogP contribution >= 0.6 is 11.6 Å². The summed E-state index contributed by atoms with van der Waals surface area (Å²) in [6.07, 6.45) is 1.88. The van der Waals surface area contributed by atoms with Crippen LogP contribution in [0.15, 0.2) is 42.6 Å². The summed E-state index contributed by atoms with van der Waals surface area (Å²) in [4.78, 5) is 8.35. The van der Waals surface area contributed by atoms with Gasteiger partial charge in [0, 0.05) is 17.6 Å². The molecular weight excluding hydrogens is 279 g/mol. The van der Waals surface area contributed by atoms with E-state index in [4.69, 9.17) is 11.6 Å². The number of benzene rings is 2. The zero-order valence-electron chi connectivity index (χ0n) is 10.3. The molecule has 0 spiro atoms. The van der Waals surface area contributed by atoms with Crippen molar-refractivity contribution in [2.24, 2.45) is 0 Å². The van der Waals surface area contributed by atoms with Crippen LogP contribution in [0.5, 0.6) is 5.75 Å². The highest BCUT2D eigenvalue weighted by atomic mass is 35.5. The topological polar surface area (TPSA) is 46.0 Å². The Labute approximate surface area is 119 Å². The fourth-order valence-corrected chi connectivity index (χ4v) is 2.11. The summed E-state index contributed by atoms with van der Waals surface area (Å²) in [6, 6.07) is 9.81. The van der Waals surface area contributed by atoms with Gasteiger partial charge in [-0.15, -0.1) is 0 Å². The lowest BCUT2D eigenvalue weighted by Gasteiger charge is -2.05. The van der Waals surface area contributed by atoms with Crippen molar-refractivity contribution in [2.45, 2.75) is 6.42 Å². The van der Waals surface area contributed by atoms with Gasteiger partial charge in [0.25, 0.3) is 0 Å². The SMILES string of the molecule is Oc1ccc(F)c2cnc(Cc3ccc(Cl)cc3)nc12. The van der Waals surface area contributed by atoms with Gasteiger partial charge in [-0.05, 0) is 29.8 Å². The zero-order valence-corrected chi connectivity index (χ0v) is 11.1. The van der Waals surface area contributed by atoms with Crippen LogP contribution < -0.4 is 0 Å². The number of phenols is 1. The van der Waals surface area contributed by atoms with E-state index in [2.05, 4.69) is 9.97 Å². The quantitative estimate of drug-likeness (QED) is 0.782. The Kier molecular flexibility index (Phi) is 3.24. The molecule has 100 valence electrons. The summed E-state index contributed by atoms with van der Waals surface area (Å²) in [5.41, 5.74) is 1.22. The van der Waals surface area contributed by atoms with Crippen LogP contribution in [0.1, 0.15) is 11.4 Å². The highest BCUT2D eigenvalue weighted by Crippen LogP contribution is 2.24. The molecule has 0 radical (unpaired) electrons. The first-order chi connectivity index (χ1) is 9.63. The van der Waals surface area contributed by atoms with Crippen LogP contribution in [-0.2, 0) is 6.42 Å². The monoisotopic (exact) mass is 288 g/mol. The van der Waals surface area contributed by atoms with Crippen molar-refractivity contribution in [1.82, 2.24) is 9.97 Å². The van der Waals surface area contributed by atoms with Gasteiger partial charge in [0.1, 0.15) is 22.9 Å². The smallest absolute Gasteiger partial charge is 0.142 e. The van der Waals surface area contributed by atoms with Crippen LogP contribution in [0, 0.1) is 5.82 Å². The second-order valence-corrected chi connectivity index (χ2v) is 4.85. The van der Waals surface area contributed by atoms with Crippen molar-refractivity contribution in [3.05, 3.63) is 64.8 Å². The molecule has 0 saturated heterocycles. The molecule has 0 saturated carbocycles. The van der Waals surface area contributed by atoms with E-state index >= 15 is 0 Å². The van der Waals surface area contributed by atoms with Crippen molar-refractivity contribution in [2.75, 3.05) is 0 Å². The summed E-state index contributed by atoms with van der Waals surface area (Å²) in [6.45, 7) is 0. The summed E-state index contributed by atoms with van der Waals surface area (Å²) >= 11 is 5.82. The predicted molar refractivity (Wildman–Crippen MR) is 75.4 cm³/mol. The van der Waals surface area contributed by atoms with E-state index in [1.54, 1.807) is 12.1 Å². The van der Waals surface area contributed by atoms with Gasteiger partial charge in [-0.25, -0.2) is 14.4 Å². The van der Waals surface area contributed by atoms with E-state index < -0.39 is 5.82 Å². The summed E-state index contributed by atoms with van der Waals surface area (Å²) in [5, 5.41) is 10.6. The molecule has 0 aliphatic rings. The lowest BCUT2D eigenvalue weighted by molar-refractivity contribution is 0.478. The van der Waals surface area contributed by atoms with Crippen molar-refractivity contribution >= 4 is 22.5 Å². The number of hydrogen-bond donors (Lipinski definition) is 1. The molecule has 0 aliphatic heterocycles. The normalized spacial score (nSPS) is 10.9. The van der Waals surface area contributed by atoms with Crippen LogP contribution in [0.4, 0.5) is 4.39 Å². The minimum atomic E-state index is -0.448. The molecule has 1 aromatic heterocycles. The van der Waals surface area contributed by atoms with Gasteiger partial charge in [0.2, 0.25) is 0 Å². The number of rotatable bonds is 2. The second-order valence-electron chi connectivity index (χ2n) is 4.42. The van der Waals surface area contributed by atoms with Gasteiger partial charge in [0.15, 0.2) is 0 Å². The summed E-state index contributed by atoms with van der Waals surface area (Å²) < 4.78 is 13.6. The molecule has 0 unspecified atom stereocenters. The fourth-order valence-electron chi connectivity index (χ4n) is 1.98. The number of fused-ring (bicyclic) bond motifs is 1. The molecule has 1 heterocycles. The van der Waals surface area contributed by atoms with E-state index in [1.807, 2.05) is 12.1 Å². The van der Waals surface area contributed by atoms with Gasteiger partial charge in [-0.2, -0.15) is 0 Å². The van der Waals surface area contributed by atoms with Crippen molar-refractivity contribution < 1.29 is 9.50 Å². The Morgan fingerprint density at radius 1 is 1.10 bits per heavy atom. The maximum absolute atomic E-state index is 13.6. The number of halogens is 2. The number of phenolic OH excluding ortho intramolecular Hbond substituents is 1.